The molecule has 0 bridgehead atoms. The van der Waals surface area contributed by atoms with Crippen LogP contribution in [0, 0.1) is 5.92 Å². The normalized spacial score (nSPS) is 19.9. The molecule has 3 nitrogen and oxygen atoms in total. The molecule has 1 atom stereocenters. The maximum Gasteiger partial charge on any atom is 0.519 e. The van der Waals surface area contributed by atoms with Crippen LogP contribution in [-0.2, 0) is 14.4 Å². The summed E-state index contributed by atoms with van der Waals surface area (Å²) in [5.41, 5.74) is 0. The number of alkyl halides is 5. The zero-order chi connectivity index (χ0) is 12.4. The molecule has 96 valence electrons. The quantitative estimate of drug-likeness (QED) is 0.538. The summed E-state index contributed by atoms with van der Waals surface area (Å²) in [5, 5.41) is 0. The summed E-state index contributed by atoms with van der Waals surface area (Å²) < 4.78 is 78.7. The first kappa shape index (κ1) is 13.5. The topological polar surface area (TPSA) is 27.7 Å². The Bertz CT molecular complexity index is 227. The van der Waals surface area contributed by atoms with Gasteiger partial charge in [0.15, 0.2) is 0 Å². The van der Waals surface area contributed by atoms with Gasteiger partial charge in [0.25, 0.3) is 6.29 Å². The molecule has 1 fully saturated rings. The Balaban J connectivity index is 2.48. The molecular formula is C7H8F6O3. The molecule has 0 saturated heterocycles. The zero-order valence-corrected chi connectivity index (χ0v) is 7.77. The average molecular weight is 254 g/mol. The summed E-state index contributed by atoms with van der Waals surface area (Å²) in [6.45, 7) is -0.369. The van der Waals surface area contributed by atoms with Gasteiger partial charge in [0, 0.05) is 0 Å². The first-order valence-electron chi connectivity index (χ1n) is 4.28. The maximum absolute atomic E-state index is 12.1. The van der Waals surface area contributed by atoms with E-state index in [9.17, 15) is 26.5 Å². The molecule has 1 saturated carbocycles. The van der Waals surface area contributed by atoms with Gasteiger partial charge in [0.05, 0.1) is 6.61 Å². The number of ether oxygens (including phenoxy) is 2. The van der Waals surface area contributed by atoms with Gasteiger partial charge in [0.1, 0.15) is 0 Å². The Morgan fingerprint density at radius 3 is 2.06 bits per heavy atom. The number of hydrogen-bond donors (Lipinski definition) is 0. The molecule has 0 spiro atoms. The van der Waals surface area contributed by atoms with Crippen LogP contribution in [0.2, 0.25) is 0 Å². The lowest BCUT2D eigenvalue weighted by Crippen LogP contribution is -2.41. The van der Waals surface area contributed by atoms with Crippen LogP contribution < -0.4 is 0 Å². The van der Waals surface area contributed by atoms with Crippen LogP contribution in [0.3, 0.4) is 0 Å². The van der Waals surface area contributed by atoms with Crippen molar-refractivity contribution in [2.75, 3.05) is 6.61 Å². The second kappa shape index (κ2) is 4.76. The highest BCUT2D eigenvalue weighted by Gasteiger charge is 2.50. The van der Waals surface area contributed by atoms with Gasteiger partial charge < -0.3 is 4.74 Å². The Morgan fingerprint density at radius 2 is 1.69 bits per heavy atom. The van der Waals surface area contributed by atoms with Crippen molar-refractivity contribution in [1.82, 2.24) is 0 Å². The van der Waals surface area contributed by atoms with Crippen LogP contribution in [0.4, 0.5) is 26.5 Å². The van der Waals surface area contributed by atoms with Crippen molar-refractivity contribution in [3.05, 3.63) is 0 Å². The maximum atomic E-state index is 12.1. The SMILES string of the molecule is FOC(F)(F)OC(OCC1CC1)C(F)(F)F. The molecule has 0 heterocycles. The zero-order valence-electron chi connectivity index (χ0n) is 7.77. The first-order valence-corrected chi connectivity index (χ1v) is 4.28. The molecule has 1 rings (SSSR count). The second-order valence-electron chi connectivity index (χ2n) is 3.31. The highest BCUT2D eigenvalue weighted by atomic mass is 19.4. The van der Waals surface area contributed by atoms with Crippen molar-refractivity contribution < 1.29 is 40.9 Å². The van der Waals surface area contributed by atoms with Crippen LogP contribution in [0.1, 0.15) is 12.8 Å². The summed E-state index contributed by atoms with van der Waals surface area (Å²) >= 11 is 0. The third-order valence-corrected chi connectivity index (χ3v) is 1.78. The standard InChI is InChI=1S/C7H8F6O3/c8-6(9,10)5(14-3-4-1-2-4)15-7(11,12)16-13/h4-5H,1-3H2. The summed E-state index contributed by atoms with van der Waals surface area (Å²) in [6.07, 6.45) is -12.0. The third-order valence-electron chi connectivity index (χ3n) is 1.78. The van der Waals surface area contributed by atoms with E-state index in [2.05, 4.69) is 9.47 Å². The number of rotatable bonds is 6. The summed E-state index contributed by atoms with van der Waals surface area (Å²) in [6, 6.07) is 0. The number of hydrogen-bond acceptors (Lipinski definition) is 3. The van der Waals surface area contributed by atoms with Crippen LogP contribution in [0.25, 0.3) is 0 Å². The van der Waals surface area contributed by atoms with Crippen molar-refractivity contribution in [3.8, 4) is 0 Å². The molecule has 0 aromatic carbocycles. The molecule has 0 aromatic heterocycles. The molecular weight excluding hydrogens is 246 g/mol. The molecule has 0 aromatic rings. The third kappa shape index (κ3) is 4.54. The Morgan fingerprint density at radius 1 is 1.12 bits per heavy atom. The molecule has 0 amide bonds. The van der Waals surface area contributed by atoms with Crippen molar-refractivity contribution in [2.24, 2.45) is 5.92 Å². The second-order valence-corrected chi connectivity index (χ2v) is 3.31. The molecule has 9 heteroatoms. The van der Waals surface area contributed by atoms with Gasteiger partial charge in [-0.15, -0.1) is 8.78 Å². The fraction of sp³-hybridized carbons (Fsp3) is 1.00. The van der Waals surface area contributed by atoms with Gasteiger partial charge >= 0.3 is 12.5 Å². The summed E-state index contributed by atoms with van der Waals surface area (Å²) in [4.78, 5) is 1.95. The van der Waals surface area contributed by atoms with E-state index >= 15 is 0 Å². The van der Waals surface area contributed by atoms with Crippen molar-refractivity contribution in [2.45, 2.75) is 31.6 Å². The van der Waals surface area contributed by atoms with E-state index in [0.29, 0.717) is 12.8 Å². The van der Waals surface area contributed by atoms with E-state index in [1.165, 1.54) is 0 Å². The van der Waals surface area contributed by atoms with E-state index < -0.39 is 18.8 Å². The number of halogens is 6. The Labute approximate surface area is 86.2 Å². The molecule has 1 unspecified atom stereocenters. The Kier molecular flexibility index (Phi) is 4.02. The molecule has 0 N–H and O–H groups in total. The predicted octanol–water partition coefficient (Wildman–Crippen LogP) is 2.77. The van der Waals surface area contributed by atoms with Crippen LogP contribution in [0.15, 0.2) is 0 Å². The molecule has 16 heavy (non-hydrogen) atoms. The van der Waals surface area contributed by atoms with E-state index in [0.717, 1.165) is 0 Å². The lowest BCUT2D eigenvalue weighted by molar-refractivity contribution is -0.510. The van der Waals surface area contributed by atoms with Gasteiger partial charge in [0.2, 0.25) is 0 Å². The minimum atomic E-state index is -5.18. The fourth-order valence-electron chi connectivity index (χ4n) is 0.846. The van der Waals surface area contributed by atoms with Gasteiger partial charge in [-0.1, -0.05) is 4.94 Å². The minimum Gasteiger partial charge on any atom is -0.344 e. The van der Waals surface area contributed by atoms with Gasteiger partial charge in [-0.3, -0.25) is 4.74 Å². The lowest BCUT2D eigenvalue weighted by Gasteiger charge is -2.23. The van der Waals surface area contributed by atoms with Crippen LogP contribution in [0.5, 0.6) is 0 Å². The smallest absolute Gasteiger partial charge is 0.344 e. The van der Waals surface area contributed by atoms with Gasteiger partial charge in [-0.05, 0) is 23.3 Å². The predicted molar refractivity (Wildman–Crippen MR) is 36.7 cm³/mol. The molecule has 0 aliphatic heterocycles. The van der Waals surface area contributed by atoms with E-state index in [1.807, 2.05) is 4.94 Å². The highest BCUT2D eigenvalue weighted by Crippen LogP contribution is 2.34. The first-order chi connectivity index (χ1) is 7.24. The summed E-state index contributed by atoms with van der Waals surface area (Å²) in [5.74, 6) is -0.0895. The van der Waals surface area contributed by atoms with E-state index in [1.54, 1.807) is 0 Å². The van der Waals surface area contributed by atoms with E-state index in [4.69, 9.17) is 0 Å². The average Bonchev–Trinajstić information content (AvgIpc) is 2.94. The lowest BCUT2D eigenvalue weighted by atomic mass is 10.5. The fourth-order valence-corrected chi connectivity index (χ4v) is 0.846. The monoisotopic (exact) mass is 254 g/mol. The Hall–Kier alpha value is -0.540. The van der Waals surface area contributed by atoms with Gasteiger partial charge in [-0.25, -0.2) is 0 Å². The highest BCUT2D eigenvalue weighted by molar-refractivity contribution is 4.73. The van der Waals surface area contributed by atoms with Crippen LogP contribution in [-0.4, -0.2) is 25.4 Å². The van der Waals surface area contributed by atoms with Crippen LogP contribution >= 0.6 is 0 Å². The molecule has 0 radical (unpaired) electrons. The van der Waals surface area contributed by atoms with Crippen molar-refractivity contribution in [1.29, 1.82) is 0 Å². The molecule has 1 aliphatic rings. The van der Waals surface area contributed by atoms with E-state index in [-0.39, 0.29) is 12.5 Å². The van der Waals surface area contributed by atoms with Crippen molar-refractivity contribution in [3.63, 3.8) is 0 Å². The molecule has 1 aliphatic carbocycles. The van der Waals surface area contributed by atoms with Gasteiger partial charge in [-0.2, -0.15) is 13.2 Å². The summed E-state index contributed by atoms with van der Waals surface area (Å²) in [7, 11) is 0. The van der Waals surface area contributed by atoms with Crippen molar-refractivity contribution >= 4 is 0 Å². The largest absolute Gasteiger partial charge is 0.519 e. The minimum absolute atomic E-state index is 0.0895.